The second-order valence-corrected chi connectivity index (χ2v) is 8.07. The quantitative estimate of drug-likeness (QED) is 0.615. The van der Waals surface area contributed by atoms with E-state index in [1.807, 2.05) is 19.9 Å². The highest BCUT2D eigenvalue weighted by Crippen LogP contribution is 2.31. The number of carbonyl (C=O) groups is 4. The molecule has 8 heteroatoms. The molecule has 2 aliphatic rings. The van der Waals surface area contributed by atoms with E-state index in [0.717, 1.165) is 40.2 Å². The average molecular weight is 406 g/mol. The molecule has 7 nitrogen and oxygen atoms in total. The highest BCUT2D eigenvalue weighted by atomic mass is 35.5. The minimum absolute atomic E-state index is 0.136. The molecular weight excluding hydrogens is 382 g/mol. The van der Waals surface area contributed by atoms with E-state index in [2.05, 4.69) is 5.32 Å². The number of carbonyl (C=O) groups excluding carboxylic acids is 4. The van der Waals surface area contributed by atoms with Crippen LogP contribution in [0.4, 0.5) is 10.5 Å². The molecule has 1 heterocycles. The maximum Gasteiger partial charge on any atom is 0.334 e. The van der Waals surface area contributed by atoms with Crippen molar-refractivity contribution in [2.75, 3.05) is 11.9 Å². The fourth-order valence-electron chi connectivity index (χ4n) is 4.03. The van der Waals surface area contributed by atoms with Gasteiger partial charge in [0.25, 0.3) is 0 Å². The van der Waals surface area contributed by atoms with Gasteiger partial charge in [0.2, 0.25) is 5.91 Å². The molecular formula is C20H24ClN3O4. The Morgan fingerprint density at radius 2 is 1.82 bits per heavy atom. The van der Waals surface area contributed by atoms with Gasteiger partial charge in [-0.3, -0.25) is 19.3 Å². The maximum absolute atomic E-state index is 12.7. The summed E-state index contributed by atoms with van der Waals surface area (Å²) in [5, 5.41) is 3.02. The van der Waals surface area contributed by atoms with Crippen molar-refractivity contribution in [3.63, 3.8) is 0 Å². The van der Waals surface area contributed by atoms with Crippen molar-refractivity contribution in [1.29, 1.82) is 0 Å². The number of anilines is 1. The summed E-state index contributed by atoms with van der Waals surface area (Å²) >= 11 is 6.19. The van der Waals surface area contributed by atoms with Crippen LogP contribution in [-0.4, -0.2) is 46.1 Å². The monoisotopic (exact) mass is 405 g/mol. The Labute approximate surface area is 169 Å². The summed E-state index contributed by atoms with van der Waals surface area (Å²) in [7, 11) is 0. The normalized spacial score (nSPS) is 22.8. The molecule has 28 heavy (non-hydrogen) atoms. The van der Waals surface area contributed by atoms with Gasteiger partial charge in [0.1, 0.15) is 6.54 Å². The van der Waals surface area contributed by atoms with Gasteiger partial charge in [0.15, 0.2) is 0 Å². The number of hydrogen-bond donors (Lipinski definition) is 1. The van der Waals surface area contributed by atoms with Crippen LogP contribution in [0.1, 0.15) is 43.7 Å². The van der Waals surface area contributed by atoms with E-state index in [9.17, 15) is 19.2 Å². The van der Waals surface area contributed by atoms with Crippen LogP contribution < -0.4 is 5.32 Å². The van der Waals surface area contributed by atoms with Crippen molar-refractivity contribution in [1.82, 2.24) is 9.80 Å². The van der Waals surface area contributed by atoms with Gasteiger partial charge in [0, 0.05) is 6.04 Å². The van der Waals surface area contributed by atoms with Gasteiger partial charge in [-0.25, -0.2) is 9.69 Å². The molecule has 0 spiro atoms. The fraction of sp³-hybridized carbons (Fsp3) is 0.500. The number of rotatable bonds is 4. The van der Waals surface area contributed by atoms with Crippen LogP contribution in [0, 0.1) is 19.8 Å². The second-order valence-electron chi connectivity index (χ2n) is 7.66. The zero-order valence-corrected chi connectivity index (χ0v) is 17.0. The van der Waals surface area contributed by atoms with Crippen LogP contribution in [-0.2, 0) is 14.4 Å². The molecule has 1 aliphatic heterocycles. The molecule has 0 unspecified atom stereocenters. The van der Waals surface area contributed by atoms with Crippen LogP contribution in [0.5, 0.6) is 0 Å². The third-order valence-electron chi connectivity index (χ3n) is 5.48. The van der Waals surface area contributed by atoms with Crippen LogP contribution in [0.15, 0.2) is 12.1 Å². The number of amides is 5. The van der Waals surface area contributed by atoms with E-state index in [0.29, 0.717) is 17.1 Å². The molecule has 1 saturated carbocycles. The van der Waals surface area contributed by atoms with Crippen LogP contribution in [0.2, 0.25) is 5.02 Å². The van der Waals surface area contributed by atoms with Gasteiger partial charge in [-0.2, -0.15) is 0 Å². The smallest absolute Gasteiger partial charge is 0.323 e. The number of nitrogens with zero attached hydrogens (tertiary/aromatic N) is 2. The van der Waals surface area contributed by atoms with E-state index < -0.39 is 30.3 Å². The standard InChI is InChI=1S/C20H24ClN3O4/c1-11-8-13(3)17(14(21)9-11)22-16(25)10-23-18(26)19(27)24(20(23)28)15-7-5-4-6-12(15)2/h8-9,12,15H,4-7,10H2,1-3H3,(H,22,25)/t12-,15-/m0/s1. The third-order valence-corrected chi connectivity index (χ3v) is 5.78. The zero-order chi connectivity index (χ0) is 20.6. The third kappa shape index (κ3) is 3.76. The molecule has 5 amide bonds. The molecule has 1 aliphatic carbocycles. The maximum atomic E-state index is 12.7. The predicted octanol–water partition coefficient (Wildman–Crippen LogP) is 3.26. The van der Waals surface area contributed by atoms with Crippen LogP contribution in [0.25, 0.3) is 0 Å². The lowest BCUT2D eigenvalue weighted by Gasteiger charge is -2.34. The van der Waals surface area contributed by atoms with Gasteiger partial charge in [0.05, 0.1) is 10.7 Å². The summed E-state index contributed by atoms with van der Waals surface area (Å²) in [6.45, 7) is 5.14. The molecule has 1 N–H and O–H groups in total. The number of nitrogens with one attached hydrogen (secondary N) is 1. The number of imide groups is 2. The molecule has 2 atom stereocenters. The number of aryl methyl sites for hydroxylation is 2. The van der Waals surface area contributed by atoms with Gasteiger partial charge in [-0.15, -0.1) is 0 Å². The van der Waals surface area contributed by atoms with E-state index in [1.54, 1.807) is 13.0 Å². The van der Waals surface area contributed by atoms with Gasteiger partial charge >= 0.3 is 17.8 Å². The number of benzene rings is 1. The Balaban J connectivity index is 1.73. The largest absolute Gasteiger partial charge is 0.334 e. The Kier molecular flexibility index (Phi) is 5.74. The summed E-state index contributed by atoms with van der Waals surface area (Å²) in [6, 6.07) is 2.57. The molecule has 0 aromatic heterocycles. The Bertz CT molecular complexity index is 831. The molecule has 1 aromatic carbocycles. The van der Waals surface area contributed by atoms with E-state index in [1.165, 1.54) is 0 Å². The van der Waals surface area contributed by atoms with Crippen LogP contribution in [0.3, 0.4) is 0 Å². The van der Waals surface area contributed by atoms with E-state index >= 15 is 0 Å². The molecule has 0 radical (unpaired) electrons. The molecule has 0 bridgehead atoms. The summed E-state index contributed by atoms with van der Waals surface area (Å²) in [5.41, 5.74) is 2.15. The summed E-state index contributed by atoms with van der Waals surface area (Å²) < 4.78 is 0. The minimum atomic E-state index is -0.954. The predicted molar refractivity (Wildman–Crippen MR) is 105 cm³/mol. The number of hydrogen-bond acceptors (Lipinski definition) is 4. The summed E-state index contributed by atoms with van der Waals surface area (Å²) in [5.74, 6) is -2.25. The average Bonchev–Trinajstić information content (AvgIpc) is 2.82. The second kappa shape index (κ2) is 7.91. The molecule has 2 fully saturated rings. The lowest BCUT2D eigenvalue weighted by atomic mass is 9.85. The first kappa shape index (κ1) is 20.3. The van der Waals surface area contributed by atoms with Crippen molar-refractivity contribution in [3.8, 4) is 0 Å². The molecule has 150 valence electrons. The summed E-state index contributed by atoms with van der Waals surface area (Å²) in [6.07, 6.45) is 3.54. The molecule has 1 saturated heterocycles. The highest BCUT2D eigenvalue weighted by molar-refractivity contribution is 6.45. The van der Waals surface area contributed by atoms with Crippen molar-refractivity contribution in [3.05, 3.63) is 28.3 Å². The van der Waals surface area contributed by atoms with Crippen LogP contribution >= 0.6 is 11.6 Å². The van der Waals surface area contributed by atoms with E-state index in [4.69, 9.17) is 11.6 Å². The SMILES string of the molecule is Cc1cc(C)c(NC(=O)CN2C(=O)C(=O)N([C@H]3CCCC[C@@H]3C)C2=O)c(Cl)c1. The molecule has 3 rings (SSSR count). The van der Waals surface area contributed by atoms with E-state index in [-0.39, 0.29) is 12.0 Å². The zero-order valence-electron chi connectivity index (χ0n) is 16.3. The first-order chi connectivity index (χ1) is 13.2. The van der Waals surface area contributed by atoms with Gasteiger partial charge in [-0.1, -0.05) is 37.4 Å². The van der Waals surface area contributed by atoms with Gasteiger partial charge < -0.3 is 5.32 Å². The topological polar surface area (TPSA) is 86.8 Å². The van der Waals surface area contributed by atoms with Gasteiger partial charge in [-0.05, 0) is 49.8 Å². The fourth-order valence-corrected chi connectivity index (χ4v) is 4.40. The highest BCUT2D eigenvalue weighted by Gasteiger charge is 2.49. The lowest BCUT2D eigenvalue weighted by molar-refractivity contribution is -0.145. The van der Waals surface area contributed by atoms with Crippen molar-refractivity contribution >= 4 is 41.0 Å². The first-order valence-electron chi connectivity index (χ1n) is 9.46. The Morgan fingerprint density at radius 3 is 2.46 bits per heavy atom. The first-order valence-corrected chi connectivity index (χ1v) is 9.84. The Hall–Kier alpha value is -2.41. The summed E-state index contributed by atoms with van der Waals surface area (Å²) in [4.78, 5) is 51.7. The van der Waals surface area contributed by atoms with Crippen molar-refractivity contribution < 1.29 is 19.2 Å². The Morgan fingerprint density at radius 1 is 1.14 bits per heavy atom. The lowest BCUT2D eigenvalue weighted by Crippen LogP contribution is -2.46. The van der Waals surface area contributed by atoms with Crippen molar-refractivity contribution in [2.45, 2.75) is 52.5 Å². The number of halogens is 1. The van der Waals surface area contributed by atoms with Crippen molar-refractivity contribution in [2.24, 2.45) is 5.92 Å². The molecule has 1 aromatic rings. The minimum Gasteiger partial charge on any atom is -0.323 e. The number of urea groups is 1.